The van der Waals surface area contributed by atoms with Gasteiger partial charge in [-0.2, -0.15) is 0 Å². The van der Waals surface area contributed by atoms with Gasteiger partial charge in [-0.05, 0) is 80.9 Å². The molecule has 1 aromatic heterocycles. The molecule has 0 atom stereocenters. The Hall–Kier alpha value is -2.57. The fourth-order valence-electron chi connectivity index (χ4n) is 4.10. The fraction of sp³-hybridized carbons (Fsp3) is 0.400. The second-order valence-electron chi connectivity index (χ2n) is 9.44. The third-order valence-corrected chi connectivity index (χ3v) is 6.71. The molecule has 0 spiro atoms. The Kier molecular flexibility index (Phi) is 5.27. The van der Waals surface area contributed by atoms with E-state index in [0.717, 1.165) is 34.2 Å². The highest BCUT2D eigenvalue weighted by atomic mass is 16.7. The number of benzene rings is 2. The monoisotopic (exact) mass is 418 g/mol. The minimum absolute atomic E-state index is 0.0245. The summed E-state index contributed by atoms with van der Waals surface area (Å²) in [5.74, 6) is 0. The largest absolute Gasteiger partial charge is 0.495 e. The molecule has 162 valence electrons. The molecule has 5 nitrogen and oxygen atoms in total. The lowest BCUT2D eigenvalue weighted by Crippen LogP contribution is -2.41. The highest BCUT2D eigenvalue weighted by molar-refractivity contribution is 6.62. The Bertz CT molecular complexity index is 1180. The molecule has 0 aliphatic carbocycles. The molecule has 3 aromatic rings. The number of pyridine rings is 1. The van der Waals surface area contributed by atoms with Crippen LogP contribution in [0.1, 0.15) is 40.2 Å². The molecule has 2 aromatic carbocycles. The van der Waals surface area contributed by atoms with Gasteiger partial charge in [-0.15, -0.1) is 0 Å². The van der Waals surface area contributed by atoms with Crippen molar-refractivity contribution in [1.82, 2.24) is 4.57 Å². The Labute approximate surface area is 184 Å². The van der Waals surface area contributed by atoms with Crippen LogP contribution in [0.2, 0.25) is 0 Å². The second kappa shape index (κ2) is 7.54. The summed E-state index contributed by atoms with van der Waals surface area (Å²) in [6, 6.07) is 14.0. The van der Waals surface area contributed by atoms with Crippen LogP contribution >= 0.6 is 0 Å². The van der Waals surface area contributed by atoms with E-state index in [9.17, 15) is 4.79 Å². The van der Waals surface area contributed by atoms with Crippen molar-refractivity contribution in [3.8, 4) is 5.69 Å². The molecule has 0 unspecified atom stereocenters. The van der Waals surface area contributed by atoms with E-state index in [1.165, 1.54) is 0 Å². The average Bonchev–Trinajstić information content (AvgIpc) is 2.94. The molecule has 0 N–H and O–H groups in total. The van der Waals surface area contributed by atoms with Gasteiger partial charge in [0, 0.05) is 31.4 Å². The summed E-state index contributed by atoms with van der Waals surface area (Å²) in [4.78, 5) is 15.4. The van der Waals surface area contributed by atoms with Gasteiger partial charge < -0.3 is 14.2 Å². The van der Waals surface area contributed by atoms with Crippen LogP contribution in [-0.2, 0) is 15.7 Å². The van der Waals surface area contributed by atoms with E-state index in [0.29, 0.717) is 5.39 Å². The molecule has 1 aliphatic heterocycles. The Morgan fingerprint density at radius 2 is 1.68 bits per heavy atom. The summed E-state index contributed by atoms with van der Waals surface area (Å²) in [6.45, 7) is 10.3. The van der Waals surface area contributed by atoms with Crippen molar-refractivity contribution in [3.63, 3.8) is 0 Å². The van der Waals surface area contributed by atoms with Crippen molar-refractivity contribution in [2.24, 2.45) is 0 Å². The highest BCUT2D eigenvalue weighted by Gasteiger charge is 2.52. The first-order chi connectivity index (χ1) is 14.6. The van der Waals surface area contributed by atoms with Crippen molar-refractivity contribution >= 4 is 29.0 Å². The SMILES string of the molecule is CCc1c(B2OC(C)(C)C(C)(C)O2)cccc1-n1ccc2cc(N(C)C)ccc2c1=O. The van der Waals surface area contributed by atoms with Gasteiger partial charge in [-0.25, -0.2) is 0 Å². The molecular formula is C25H31BN2O3. The second-order valence-corrected chi connectivity index (χ2v) is 9.44. The number of fused-ring (bicyclic) bond motifs is 1. The van der Waals surface area contributed by atoms with Gasteiger partial charge in [0.1, 0.15) is 0 Å². The van der Waals surface area contributed by atoms with Crippen LogP contribution in [0, 0.1) is 0 Å². The van der Waals surface area contributed by atoms with Crippen LogP contribution in [0.25, 0.3) is 16.5 Å². The number of rotatable bonds is 4. The maximum absolute atomic E-state index is 13.4. The van der Waals surface area contributed by atoms with Crippen molar-refractivity contribution < 1.29 is 9.31 Å². The molecule has 31 heavy (non-hydrogen) atoms. The van der Waals surface area contributed by atoms with Crippen LogP contribution in [0.4, 0.5) is 5.69 Å². The maximum atomic E-state index is 13.4. The summed E-state index contributed by atoms with van der Waals surface area (Å²) < 4.78 is 14.4. The maximum Gasteiger partial charge on any atom is 0.495 e. The van der Waals surface area contributed by atoms with Crippen LogP contribution in [-0.4, -0.2) is 37.0 Å². The first-order valence-electron chi connectivity index (χ1n) is 10.9. The zero-order chi connectivity index (χ0) is 22.6. The first kappa shape index (κ1) is 21.7. The first-order valence-corrected chi connectivity index (χ1v) is 10.9. The zero-order valence-corrected chi connectivity index (χ0v) is 19.5. The molecule has 6 heteroatoms. The standard InChI is InChI=1S/C25H31BN2O3/c1-8-19-21(26-30-24(2,3)25(4,5)31-26)10-9-11-22(19)28-15-14-17-16-18(27(6)7)12-13-20(17)23(28)29/h9-16H,8H2,1-7H3. The van der Waals surface area contributed by atoms with Crippen molar-refractivity contribution in [2.75, 3.05) is 19.0 Å². The summed E-state index contributed by atoms with van der Waals surface area (Å²) in [6.07, 6.45) is 2.63. The summed E-state index contributed by atoms with van der Waals surface area (Å²) >= 11 is 0. The molecule has 1 aliphatic rings. The highest BCUT2D eigenvalue weighted by Crippen LogP contribution is 2.37. The average molecular weight is 418 g/mol. The minimum atomic E-state index is -0.460. The van der Waals surface area contributed by atoms with Crippen LogP contribution < -0.4 is 15.9 Å². The third-order valence-electron chi connectivity index (χ3n) is 6.71. The van der Waals surface area contributed by atoms with Crippen LogP contribution in [0.5, 0.6) is 0 Å². The molecule has 0 radical (unpaired) electrons. The van der Waals surface area contributed by atoms with Gasteiger partial charge in [0.05, 0.1) is 16.9 Å². The van der Waals surface area contributed by atoms with E-state index in [4.69, 9.17) is 9.31 Å². The van der Waals surface area contributed by atoms with E-state index >= 15 is 0 Å². The van der Waals surface area contributed by atoms with Gasteiger partial charge in [0.2, 0.25) is 0 Å². The van der Waals surface area contributed by atoms with Gasteiger partial charge in [0.15, 0.2) is 0 Å². The predicted molar refractivity (Wildman–Crippen MR) is 129 cm³/mol. The van der Waals surface area contributed by atoms with E-state index in [1.807, 2.05) is 67.7 Å². The molecule has 0 bridgehead atoms. The van der Waals surface area contributed by atoms with E-state index < -0.39 is 18.3 Å². The summed E-state index contributed by atoms with van der Waals surface area (Å²) in [7, 11) is 3.53. The Morgan fingerprint density at radius 1 is 1.00 bits per heavy atom. The predicted octanol–water partition coefficient (Wildman–Crippen LogP) is 3.92. The summed E-state index contributed by atoms with van der Waals surface area (Å²) in [5, 5.41) is 1.64. The molecule has 1 saturated heterocycles. The van der Waals surface area contributed by atoms with Crippen molar-refractivity contribution in [2.45, 2.75) is 52.2 Å². The minimum Gasteiger partial charge on any atom is -0.399 e. The van der Waals surface area contributed by atoms with Crippen molar-refractivity contribution in [3.05, 3.63) is 64.6 Å². The quantitative estimate of drug-likeness (QED) is 0.603. The van der Waals surface area contributed by atoms with E-state index in [-0.39, 0.29) is 5.56 Å². The number of nitrogens with zero attached hydrogens (tertiary/aromatic N) is 2. The molecule has 1 fully saturated rings. The molecular weight excluding hydrogens is 387 g/mol. The fourth-order valence-corrected chi connectivity index (χ4v) is 4.10. The molecule has 0 saturated carbocycles. The Balaban J connectivity index is 1.84. The third kappa shape index (κ3) is 3.58. The summed E-state index contributed by atoms with van der Waals surface area (Å²) in [5.41, 5.74) is 3.13. The van der Waals surface area contributed by atoms with Crippen LogP contribution in [0.3, 0.4) is 0 Å². The molecule has 0 amide bonds. The molecule has 2 heterocycles. The molecule has 4 rings (SSSR count). The van der Waals surface area contributed by atoms with E-state index in [1.54, 1.807) is 4.57 Å². The lowest BCUT2D eigenvalue weighted by Gasteiger charge is -2.32. The normalized spacial score (nSPS) is 17.3. The van der Waals surface area contributed by atoms with Gasteiger partial charge in [-0.1, -0.05) is 19.1 Å². The number of anilines is 1. The Morgan fingerprint density at radius 3 is 2.29 bits per heavy atom. The topological polar surface area (TPSA) is 43.7 Å². The van der Waals surface area contributed by atoms with Crippen molar-refractivity contribution in [1.29, 1.82) is 0 Å². The van der Waals surface area contributed by atoms with Gasteiger partial charge in [-0.3, -0.25) is 9.36 Å². The smallest absolute Gasteiger partial charge is 0.399 e. The number of hydrogen-bond acceptors (Lipinski definition) is 4. The van der Waals surface area contributed by atoms with E-state index in [2.05, 4.69) is 34.6 Å². The van der Waals surface area contributed by atoms with Crippen LogP contribution in [0.15, 0.2) is 53.5 Å². The number of aromatic nitrogens is 1. The number of hydrogen-bond donors (Lipinski definition) is 0. The van der Waals surface area contributed by atoms with Gasteiger partial charge >= 0.3 is 7.12 Å². The lowest BCUT2D eigenvalue weighted by atomic mass is 9.75. The van der Waals surface area contributed by atoms with Gasteiger partial charge in [0.25, 0.3) is 5.56 Å². The zero-order valence-electron chi connectivity index (χ0n) is 19.5. The lowest BCUT2D eigenvalue weighted by molar-refractivity contribution is 0.00578.